The third kappa shape index (κ3) is 7.26. The predicted molar refractivity (Wildman–Crippen MR) is 224 cm³/mol. The Hall–Kier alpha value is -4.82. The Kier molecular flexibility index (Phi) is 9.68. The molecule has 0 aliphatic heterocycles. The summed E-state index contributed by atoms with van der Waals surface area (Å²) in [6.45, 7) is 27.5. The third-order valence-electron chi connectivity index (χ3n) is 10.1. The van der Waals surface area contributed by atoms with E-state index in [-0.39, 0.29) is 21.9 Å². The summed E-state index contributed by atoms with van der Waals surface area (Å²) in [5, 5.41) is 6.49. The standard InChI is InChI=1S/C27H30N.C23H28N/c1-26(2,3)22-17-15-19-11-7-9-13-21(19)25(22)24-18-16-20-12-8-10-14-23(20)28(24)27(4,5)6;1-22(2,3)20-14-10-9-13-19(20)21-18-12-8-7-11-17(18)15-16-24(21)23(4,5)6/h7-18H,1-6H3;7-16H,1-6H3/q2*+1. The van der Waals surface area contributed by atoms with E-state index in [1.807, 2.05) is 0 Å². The molecule has 7 aromatic rings. The molecule has 0 spiro atoms. The Bertz CT molecular complexity index is 2380. The van der Waals surface area contributed by atoms with Crippen LogP contribution in [0.5, 0.6) is 0 Å². The Morgan fingerprint density at radius 1 is 0.404 bits per heavy atom. The second-order valence-corrected chi connectivity index (χ2v) is 18.3. The van der Waals surface area contributed by atoms with Crippen molar-refractivity contribution >= 4 is 32.4 Å². The van der Waals surface area contributed by atoms with Crippen LogP contribution in [0.25, 0.3) is 55.0 Å². The van der Waals surface area contributed by atoms with Crippen LogP contribution >= 0.6 is 0 Å². The Labute approximate surface area is 312 Å². The molecule has 0 fully saturated rings. The van der Waals surface area contributed by atoms with Crippen LogP contribution in [0.1, 0.15) is 94.2 Å². The molecule has 7 rings (SSSR count). The van der Waals surface area contributed by atoms with E-state index in [0.29, 0.717) is 0 Å². The van der Waals surface area contributed by atoms with Gasteiger partial charge in [0.2, 0.25) is 16.9 Å². The molecule has 5 aromatic carbocycles. The van der Waals surface area contributed by atoms with Gasteiger partial charge in [0.25, 0.3) is 0 Å². The van der Waals surface area contributed by atoms with Crippen molar-refractivity contribution in [3.63, 3.8) is 0 Å². The molecule has 0 radical (unpaired) electrons. The fourth-order valence-electron chi connectivity index (χ4n) is 7.69. The second kappa shape index (κ2) is 13.6. The normalized spacial score (nSPS) is 12.6. The van der Waals surface area contributed by atoms with Gasteiger partial charge < -0.3 is 0 Å². The molecule has 0 bridgehead atoms. The lowest BCUT2D eigenvalue weighted by molar-refractivity contribution is -0.743. The maximum atomic E-state index is 2.51. The Morgan fingerprint density at radius 3 is 1.54 bits per heavy atom. The number of fused-ring (bicyclic) bond motifs is 3. The first kappa shape index (κ1) is 37.0. The second-order valence-electron chi connectivity index (χ2n) is 18.3. The highest BCUT2D eigenvalue weighted by molar-refractivity contribution is 5.98. The van der Waals surface area contributed by atoms with E-state index in [4.69, 9.17) is 0 Å². The highest BCUT2D eigenvalue weighted by atomic mass is 15.1. The van der Waals surface area contributed by atoms with Gasteiger partial charge in [-0.05, 0) is 62.4 Å². The summed E-state index contributed by atoms with van der Waals surface area (Å²) in [5.41, 5.74) is 9.47. The van der Waals surface area contributed by atoms with Gasteiger partial charge in [-0.2, -0.15) is 9.13 Å². The first-order valence-corrected chi connectivity index (χ1v) is 18.9. The summed E-state index contributed by atoms with van der Waals surface area (Å²) in [5.74, 6) is 0. The average molecular weight is 687 g/mol. The van der Waals surface area contributed by atoms with Gasteiger partial charge >= 0.3 is 0 Å². The minimum Gasteiger partial charge on any atom is -0.193 e. The zero-order valence-electron chi connectivity index (χ0n) is 33.6. The van der Waals surface area contributed by atoms with Gasteiger partial charge in [0, 0.05) is 65.1 Å². The van der Waals surface area contributed by atoms with Crippen LogP contribution in [0.15, 0.2) is 134 Å². The predicted octanol–water partition coefficient (Wildman–Crippen LogP) is 12.8. The highest BCUT2D eigenvalue weighted by Gasteiger charge is 2.34. The number of hydrogen-bond donors (Lipinski definition) is 0. The van der Waals surface area contributed by atoms with Crippen LogP contribution in [-0.2, 0) is 21.9 Å². The average Bonchev–Trinajstić information content (AvgIpc) is 3.08. The van der Waals surface area contributed by atoms with Crippen molar-refractivity contribution in [2.45, 2.75) is 105 Å². The minimum atomic E-state index is -0.0394. The van der Waals surface area contributed by atoms with Crippen molar-refractivity contribution in [2.24, 2.45) is 0 Å². The lowest BCUT2D eigenvalue weighted by Gasteiger charge is -2.26. The van der Waals surface area contributed by atoms with Crippen LogP contribution in [-0.4, -0.2) is 0 Å². The molecule has 0 saturated carbocycles. The fraction of sp³-hybridized carbons (Fsp3) is 0.320. The minimum absolute atomic E-state index is 0.0182. The van der Waals surface area contributed by atoms with E-state index in [2.05, 4.69) is 226 Å². The van der Waals surface area contributed by atoms with Crippen molar-refractivity contribution < 1.29 is 9.13 Å². The summed E-state index contributed by atoms with van der Waals surface area (Å²) in [6, 6.07) is 46.4. The SMILES string of the molecule is CC(C)(C)c1ccc2ccccc2c1-c1ccc2ccccc2[n+]1C(C)(C)C.CC(C)(C)c1ccccc1-c1c2ccccc2cc[n+]1C(C)(C)C. The number of para-hydroxylation sites is 1. The van der Waals surface area contributed by atoms with Crippen molar-refractivity contribution in [3.8, 4) is 22.5 Å². The molecular formula is C50H58N2+2. The van der Waals surface area contributed by atoms with E-state index in [0.717, 1.165) is 0 Å². The molecule has 0 atom stereocenters. The molecular weight excluding hydrogens is 629 g/mol. The number of hydrogen-bond acceptors (Lipinski definition) is 0. The van der Waals surface area contributed by atoms with Gasteiger partial charge in [-0.3, -0.25) is 0 Å². The van der Waals surface area contributed by atoms with Gasteiger partial charge in [0.1, 0.15) is 0 Å². The lowest BCUT2D eigenvalue weighted by atomic mass is 9.80. The molecule has 266 valence electrons. The number of aromatic nitrogens is 2. The topological polar surface area (TPSA) is 7.76 Å². The van der Waals surface area contributed by atoms with E-state index < -0.39 is 0 Å². The molecule has 0 aliphatic carbocycles. The largest absolute Gasteiger partial charge is 0.221 e. The van der Waals surface area contributed by atoms with Crippen molar-refractivity contribution in [2.75, 3.05) is 0 Å². The first-order valence-electron chi connectivity index (χ1n) is 18.9. The number of benzene rings is 5. The maximum Gasteiger partial charge on any atom is 0.221 e. The van der Waals surface area contributed by atoms with Crippen LogP contribution in [0.4, 0.5) is 0 Å². The Morgan fingerprint density at radius 2 is 0.923 bits per heavy atom. The third-order valence-corrected chi connectivity index (χ3v) is 10.1. The van der Waals surface area contributed by atoms with E-state index in [9.17, 15) is 0 Å². The zero-order valence-corrected chi connectivity index (χ0v) is 33.6. The summed E-state index contributed by atoms with van der Waals surface area (Å²) >= 11 is 0. The number of pyridine rings is 2. The van der Waals surface area contributed by atoms with Gasteiger partial charge in [-0.1, -0.05) is 126 Å². The van der Waals surface area contributed by atoms with Gasteiger partial charge in [0.15, 0.2) is 17.3 Å². The van der Waals surface area contributed by atoms with Gasteiger partial charge in [0.05, 0.1) is 16.5 Å². The van der Waals surface area contributed by atoms with E-state index in [1.165, 1.54) is 66.1 Å². The highest BCUT2D eigenvalue weighted by Crippen LogP contribution is 2.39. The van der Waals surface area contributed by atoms with E-state index in [1.54, 1.807) is 0 Å². The molecule has 0 aliphatic rings. The first-order chi connectivity index (χ1) is 24.4. The molecule has 2 heterocycles. The molecule has 2 aromatic heterocycles. The van der Waals surface area contributed by atoms with Gasteiger partial charge in [-0.25, -0.2) is 0 Å². The molecule has 0 saturated heterocycles. The quantitative estimate of drug-likeness (QED) is 0.160. The summed E-state index contributed by atoms with van der Waals surface area (Å²) in [4.78, 5) is 0. The zero-order chi connectivity index (χ0) is 37.6. The smallest absolute Gasteiger partial charge is 0.193 e. The number of rotatable bonds is 2. The maximum absolute atomic E-state index is 2.51. The molecule has 2 heteroatoms. The van der Waals surface area contributed by atoms with Crippen LogP contribution < -0.4 is 9.13 Å². The van der Waals surface area contributed by atoms with Crippen LogP contribution in [0.2, 0.25) is 0 Å². The van der Waals surface area contributed by atoms with Crippen LogP contribution in [0, 0.1) is 0 Å². The van der Waals surface area contributed by atoms with Gasteiger partial charge in [-0.15, -0.1) is 0 Å². The Balaban J connectivity index is 0.000000181. The summed E-state index contributed by atoms with van der Waals surface area (Å²) < 4.78 is 4.93. The van der Waals surface area contributed by atoms with Crippen molar-refractivity contribution in [1.82, 2.24) is 0 Å². The van der Waals surface area contributed by atoms with Crippen molar-refractivity contribution in [3.05, 3.63) is 145 Å². The molecule has 2 nitrogen and oxygen atoms in total. The molecule has 0 amide bonds. The van der Waals surface area contributed by atoms with Crippen molar-refractivity contribution in [1.29, 1.82) is 0 Å². The molecule has 0 unspecified atom stereocenters. The monoisotopic (exact) mass is 686 g/mol. The van der Waals surface area contributed by atoms with E-state index >= 15 is 0 Å². The fourth-order valence-corrected chi connectivity index (χ4v) is 7.69. The molecule has 0 N–H and O–H groups in total. The molecule has 52 heavy (non-hydrogen) atoms. The lowest BCUT2D eigenvalue weighted by Crippen LogP contribution is -2.52. The number of nitrogens with zero attached hydrogens (tertiary/aromatic N) is 2. The summed E-state index contributed by atoms with van der Waals surface area (Å²) in [6.07, 6.45) is 2.23. The van der Waals surface area contributed by atoms with Crippen LogP contribution in [0.3, 0.4) is 0 Å². The summed E-state index contributed by atoms with van der Waals surface area (Å²) in [7, 11) is 0.